The maximum Gasteiger partial charge on any atom is 0.342 e. The standard InChI is InChI=1S/C32H40N7O9P/c1-19-26(40)24(48-29(19)39-18-34-25-27(39)35-32(33)36-28(25)44-4)17-47-49(43,37-20(2)30(41)45-15-22-11-7-5-8-12-22)38-21(3)31(42)46-16-23-13-9-6-10-14-23/h5-14,18-21,24,26,29,40H,15-17H2,1-4H3,(H2,33,35,36)(H2,37,38,43)/t19-,20-,21-,24+,26-,29+/m0/s1. The molecule has 0 bridgehead atoms. The average molecular weight is 698 g/mol. The molecule has 1 aliphatic heterocycles. The fraction of sp³-hybridized carbons (Fsp3) is 0.406. The van der Waals surface area contributed by atoms with Gasteiger partial charge in [-0.1, -0.05) is 67.6 Å². The first-order valence-electron chi connectivity index (χ1n) is 15.6. The molecule has 0 aliphatic carbocycles. The van der Waals surface area contributed by atoms with Crippen molar-refractivity contribution in [2.75, 3.05) is 19.5 Å². The van der Waals surface area contributed by atoms with Crippen LogP contribution < -0.4 is 20.6 Å². The molecule has 5 rings (SSSR count). The van der Waals surface area contributed by atoms with E-state index in [1.54, 1.807) is 35.8 Å². The molecule has 0 saturated carbocycles. The first kappa shape index (κ1) is 35.9. The number of nitrogens with one attached hydrogen (secondary N) is 2. The van der Waals surface area contributed by atoms with Crippen LogP contribution in [0.15, 0.2) is 67.0 Å². The van der Waals surface area contributed by atoms with E-state index in [-0.39, 0.29) is 25.0 Å². The zero-order chi connectivity index (χ0) is 35.1. The summed E-state index contributed by atoms with van der Waals surface area (Å²) < 4.78 is 44.0. The van der Waals surface area contributed by atoms with Gasteiger partial charge in [-0.05, 0) is 25.0 Å². The van der Waals surface area contributed by atoms with Gasteiger partial charge >= 0.3 is 19.6 Å². The van der Waals surface area contributed by atoms with Crippen molar-refractivity contribution < 1.29 is 42.7 Å². The Morgan fingerprint density at radius 2 is 1.53 bits per heavy atom. The summed E-state index contributed by atoms with van der Waals surface area (Å²) in [6, 6.07) is 15.9. The Hall–Kier alpha value is -4.44. The van der Waals surface area contributed by atoms with Crippen LogP contribution in [0, 0.1) is 5.92 Å². The number of esters is 2. The van der Waals surface area contributed by atoms with E-state index in [0.717, 1.165) is 11.1 Å². The van der Waals surface area contributed by atoms with Crippen molar-refractivity contribution in [1.82, 2.24) is 29.7 Å². The number of methoxy groups -OCH3 is 1. The Labute approximate surface area is 282 Å². The van der Waals surface area contributed by atoms with E-state index in [4.69, 9.17) is 29.2 Å². The SMILES string of the molecule is COc1nc(N)nc2c1ncn2[C@@H]1O[C@H](COP(=O)(N[C@@H](C)C(=O)OCc2ccccc2)N[C@@H](C)C(=O)OCc2ccccc2)[C@@H](O)[C@@H]1C. The Balaban J connectivity index is 1.29. The molecule has 5 N–H and O–H groups in total. The molecular weight excluding hydrogens is 657 g/mol. The topological polar surface area (TPSA) is 211 Å². The largest absolute Gasteiger partial charge is 0.479 e. The number of benzene rings is 2. The number of carbonyl (C=O) groups excluding carboxylic acids is 2. The van der Waals surface area contributed by atoms with Crippen LogP contribution in [0.4, 0.5) is 5.95 Å². The van der Waals surface area contributed by atoms with Gasteiger partial charge in [0.2, 0.25) is 11.8 Å². The van der Waals surface area contributed by atoms with Gasteiger partial charge in [-0.3, -0.25) is 18.7 Å². The fourth-order valence-electron chi connectivity index (χ4n) is 5.20. The highest BCUT2D eigenvalue weighted by atomic mass is 31.2. The number of nitrogens with two attached hydrogens (primary N) is 1. The summed E-state index contributed by atoms with van der Waals surface area (Å²) in [5, 5.41) is 16.5. The third kappa shape index (κ3) is 8.78. The highest BCUT2D eigenvalue weighted by Gasteiger charge is 2.44. The van der Waals surface area contributed by atoms with E-state index in [9.17, 15) is 19.3 Å². The lowest BCUT2D eigenvalue weighted by Crippen LogP contribution is -2.43. The molecule has 49 heavy (non-hydrogen) atoms. The lowest BCUT2D eigenvalue weighted by Gasteiger charge is -2.27. The average Bonchev–Trinajstić information content (AvgIpc) is 3.64. The minimum Gasteiger partial charge on any atom is -0.479 e. The van der Waals surface area contributed by atoms with E-state index < -0.39 is 62.7 Å². The van der Waals surface area contributed by atoms with Crippen molar-refractivity contribution in [3.63, 3.8) is 0 Å². The second kappa shape index (κ2) is 15.8. The first-order chi connectivity index (χ1) is 23.5. The molecule has 2 aromatic carbocycles. The molecule has 0 amide bonds. The highest BCUT2D eigenvalue weighted by molar-refractivity contribution is 7.54. The van der Waals surface area contributed by atoms with Crippen molar-refractivity contribution in [3.05, 3.63) is 78.1 Å². The summed E-state index contributed by atoms with van der Waals surface area (Å²) in [7, 11) is -2.80. The second-order valence-corrected chi connectivity index (χ2v) is 13.4. The summed E-state index contributed by atoms with van der Waals surface area (Å²) >= 11 is 0. The van der Waals surface area contributed by atoms with Crippen LogP contribution in [0.25, 0.3) is 11.2 Å². The molecule has 262 valence electrons. The van der Waals surface area contributed by atoms with Crippen LogP contribution in [0.1, 0.15) is 38.1 Å². The smallest absolute Gasteiger partial charge is 0.342 e. The summed E-state index contributed by atoms with van der Waals surface area (Å²) in [5.74, 6) is -1.78. The second-order valence-electron chi connectivity index (χ2n) is 11.6. The van der Waals surface area contributed by atoms with Crippen LogP contribution in [0.2, 0.25) is 0 Å². The number of fused-ring (bicyclic) bond motifs is 1. The number of nitrogens with zero attached hydrogens (tertiary/aromatic N) is 4. The molecule has 4 aromatic rings. The number of rotatable bonds is 15. The van der Waals surface area contributed by atoms with Crippen LogP contribution in [-0.2, 0) is 46.1 Å². The van der Waals surface area contributed by atoms with Crippen LogP contribution >= 0.6 is 7.67 Å². The molecule has 6 atom stereocenters. The van der Waals surface area contributed by atoms with E-state index in [1.807, 2.05) is 36.4 Å². The molecular formula is C32H40N7O9P. The molecule has 3 heterocycles. The van der Waals surface area contributed by atoms with Crippen molar-refractivity contribution >= 4 is 36.7 Å². The zero-order valence-electron chi connectivity index (χ0n) is 27.5. The molecule has 0 unspecified atom stereocenters. The van der Waals surface area contributed by atoms with Crippen molar-refractivity contribution in [2.24, 2.45) is 5.92 Å². The third-order valence-electron chi connectivity index (χ3n) is 7.86. The molecule has 0 radical (unpaired) electrons. The number of aliphatic hydroxyl groups is 1. The van der Waals surface area contributed by atoms with Crippen molar-refractivity contribution in [1.29, 1.82) is 0 Å². The highest BCUT2D eigenvalue weighted by Crippen LogP contribution is 2.43. The summed E-state index contributed by atoms with van der Waals surface area (Å²) in [6.45, 7) is 4.26. The van der Waals surface area contributed by atoms with E-state index in [2.05, 4.69) is 25.1 Å². The number of hydrogen-bond acceptors (Lipinski definition) is 13. The van der Waals surface area contributed by atoms with E-state index in [1.165, 1.54) is 27.3 Å². The number of ether oxygens (including phenoxy) is 4. The first-order valence-corrected chi connectivity index (χ1v) is 17.2. The summed E-state index contributed by atoms with van der Waals surface area (Å²) in [5.41, 5.74) is 8.08. The molecule has 1 fully saturated rings. The van der Waals surface area contributed by atoms with Gasteiger partial charge in [-0.25, -0.2) is 15.2 Å². The number of nitrogen functional groups attached to an aromatic ring is 1. The van der Waals surface area contributed by atoms with Crippen molar-refractivity contribution in [2.45, 2.75) is 64.5 Å². The number of anilines is 1. The van der Waals surface area contributed by atoms with Gasteiger partial charge in [0.25, 0.3) is 0 Å². The van der Waals surface area contributed by atoms with Crippen molar-refractivity contribution in [3.8, 4) is 5.88 Å². The predicted molar refractivity (Wildman–Crippen MR) is 177 cm³/mol. The number of hydrogen-bond donors (Lipinski definition) is 4. The van der Waals surface area contributed by atoms with Gasteiger partial charge in [-0.2, -0.15) is 9.97 Å². The molecule has 1 saturated heterocycles. The maximum absolute atomic E-state index is 14.3. The molecule has 2 aromatic heterocycles. The predicted octanol–water partition coefficient (Wildman–Crippen LogP) is 2.88. The number of aromatic nitrogens is 4. The Bertz CT molecular complexity index is 1710. The maximum atomic E-state index is 14.3. The molecule has 16 nitrogen and oxygen atoms in total. The number of imidazole rings is 1. The fourth-order valence-corrected chi connectivity index (χ4v) is 7.01. The number of carbonyl (C=O) groups is 2. The van der Waals surface area contributed by atoms with Crippen LogP contribution in [-0.4, -0.2) is 74.6 Å². The Morgan fingerprint density at radius 1 is 0.980 bits per heavy atom. The summed E-state index contributed by atoms with van der Waals surface area (Å²) in [4.78, 5) is 38.4. The van der Waals surface area contributed by atoms with Gasteiger partial charge < -0.3 is 34.3 Å². The van der Waals surface area contributed by atoms with Gasteiger partial charge in [0.05, 0.1) is 26.1 Å². The quantitative estimate of drug-likeness (QED) is 0.104. The molecule has 0 spiro atoms. The minimum absolute atomic E-state index is 0.000740. The van der Waals surface area contributed by atoms with Crippen LogP contribution in [0.5, 0.6) is 5.88 Å². The zero-order valence-corrected chi connectivity index (χ0v) is 28.4. The molecule has 17 heteroatoms. The Morgan fingerprint density at radius 3 is 2.06 bits per heavy atom. The Kier molecular flexibility index (Phi) is 11.6. The monoisotopic (exact) mass is 697 g/mol. The molecule has 1 aliphatic rings. The minimum atomic E-state index is -4.23. The van der Waals surface area contributed by atoms with E-state index >= 15 is 0 Å². The van der Waals surface area contributed by atoms with Gasteiger partial charge in [0, 0.05) is 5.92 Å². The van der Waals surface area contributed by atoms with Gasteiger partial charge in [-0.15, -0.1) is 0 Å². The lowest BCUT2D eigenvalue weighted by molar-refractivity contribution is -0.147. The van der Waals surface area contributed by atoms with Gasteiger partial charge in [0.1, 0.15) is 37.6 Å². The van der Waals surface area contributed by atoms with E-state index in [0.29, 0.717) is 11.2 Å². The summed E-state index contributed by atoms with van der Waals surface area (Å²) in [6.07, 6.45) is -1.38. The number of aliphatic hydroxyl groups excluding tert-OH is 1. The lowest BCUT2D eigenvalue weighted by atomic mass is 10.0. The van der Waals surface area contributed by atoms with Gasteiger partial charge in [0.15, 0.2) is 11.2 Å². The normalized spacial score (nSPS) is 20.5. The van der Waals surface area contributed by atoms with Crippen LogP contribution in [0.3, 0.4) is 0 Å². The third-order valence-corrected chi connectivity index (χ3v) is 9.83.